The molecule has 0 radical (unpaired) electrons. The second kappa shape index (κ2) is 8.55. The lowest BCUT2D eigenvalue weighted by molar-refractivity contribution is -0.384. The monoisotopic (exact) mass is 330 g/mol. The summed E-state index contributed by atoms with van der Waals surface area (Å²) in [6.07, 6.45) is 2.62. The van der Waals surface area contributed by atoms with Crippen molar-refractivity contribution in [3.8, 4) is 5.75 Å². The lowest BCUT2D eigenvalue weighted by atomic mass is 10.0. The van der Waals surface area contributed by atoms with Crippen LogP contribution in [-0.2, 0) is 4.79 Å². The topological polar surface area (TPSA) is 92.9 Å². The van der Waals surface area contributed by atoms with Gasteiger partial charge in [-0.1, -0.05) is 6.42 Å². The van der Waals surface area contributed by atoms with Gasteiger partial charge in [0, 0.05) is 18.7 Å². The van der Waals surface area contributed by atoms with Gasteiger partial charge in [-0.2, -0.15) is 0 Å². The summed E-state index contributed by atoms with van der Waals surface area (Å²) in [5, 5.41) is 19.7. The second-order valence-corrected chi connectivity index (χ2v) is 4.99. The van der Waals surface area contributed by atoms with Gasteiger partial charge >= 0.3 is 5.97 Å². The minimum atomic E-state index is -0.787. The zero-order chi connectivity index (χ0) is 15.2. The molecule has 22 heavy (non-hydrogen) atoms. The molecule has 0 aliphatic carbocycles. The third-order valence-corrected chi connectivity index (χ3v) is 3.59. The van der Waals surface area contributed by atoms with E-state index >= 15 is 0 Å². The lowest BCUT2D eigenvalue weighted by Gasteiger charge is -2.32. The molecule has 1 aromatic carbocycles. The maximum absolute atomic E-state index is 11.2. The zero-order valence-electron chi connectivity index (χ0n) is 12.0. The average molecular weight is 331 g/mol. The van der Waals surface area contributed by atoms with Crippen LogP contribution in [0.2, 0.25) is 0 Å². The highest BCUT2D eigenvalue weighted by atomic mass is 35.5. The molecule has 0 bridgehead atoms. The number of hydrogen-bond donors (Lipinski definition) is 1. The van der Waals surface area contributed by atoms with Crippen molar-refractivity contribution in [2.24, 2.45) is 0 Å². The van der Waals surface area contributed by atoms with E-state index in [0.717, 1.165) is 19.4 Å². The fourth-order valence-electron chi connectivity index (χ4n) is 2.48. The molecule has 1 heterocycles. The minimum absolute atomic E-state index is 0. The fraction of sp³-hybridized carbons (Fsp3) is 0.500. The van der Waals surface area contributed by atoms with Crippen LogP contribution >= 0.6 is 12.4 Å². The Morgan fingerprint density at radius 2 is 2.05 bits per heavy atom. The lowest BCUT2D eigenvalue weighted by Crippen LogP contribution is -2.46. The summed E-state index contributed by atoms with van der Waals surface area (Å²) in [5.74, 6) is -0.241. The van der Waals surface area contributed by atoms with E-state index in [9.17, 15) is 14.9 Å². The highest BCUT2D eigenvalue weighted by Gasteiger charge is 2.27. The summed E-state index contributed by atoms with van der Waals surface area (Å²) in [4.78, 5) is 23.1. The van der Waals surface area contributed by atoms with E-state index in [4.69, 9.17) is 9.84 Å². The van der Waals surface area contributed by atoms with E-state index in [-0.39, 0.29) is 18.1 Å². The Bertz CT molecular complexity index is 508. The minimum Gasteiger partial charge on any atom is -0.492 e. The number of non-ortho nitro benzene ring substituents is 1. The van der Waals surface area contributed by atoms with Crippen molar-refractivity contribution in [3.63, 3.8) is 0 Å². The number of rotatable bonds is 6. The standard InChI is InChI=1S/C14H18N2O5.ClH/c17-14(18)13-3-1-2-8-15(13)9-10-21-12-6-4-11(5-7-12)16(19)20;/h4-7,13H,1-3,8-10H2,(H,17,18);1H. The largest absolute Gasteiger partial charge is 0.492 e. The number of carboxylic acid groups (broad SMARTS) is 1. The number of nitro benzene ring substituents is 1. The molecule has 8 heteroatoms. The number of aliphatic carboxylic acids is 1. The van der Waals surface area contributed by atoms with Gasteiger partial charge in [0.25, 0.3) is 5.69 Å². The molecule has 0 saturated carbocycles. The van der Waals surface area contributed by atoms with Crippen molar-refractivity contribution in [2.45, 2.75) is 25.3 Å². The van der Waals surface area contributed by atoms with Gasteiger partial charge in [-0.3, -0.25) is 19.8 Å². The first-order valence-corrected chi connectivity index (χ1v) is 6.92. The van der Waals surface area contributed by atoms with E-state index in [1.54, 1.807) is 12.1 Å². The van der Waals surface area contributed by atoms with Gasteiger partial charge < -0.3 is 9.84 Å². The quantitative estimate of drug-likeness (QED) is 0.635. The van der Waals surface area contributed by atoms with Gasteiger partial charge in [-0.25, -0.2) is 0 Å². The van der Waals surface area contributed by atoms with Crippen LogP contribution < -0.4 is 4.74 Å². The first kappa shape index (κ1) is 18.2. The summed E-state index contributed by atoms with van der Waals surface area (Å²) in [5.41, 5.74) is 0.0179. The predicted octanol–water partition coefficient (Wildman–Crippen LogP) is 2.33. The first-order valence-electron chi connectivity index (χ1n) is 6.92. The van der Waals surface area contributed by atoms with E-state index in [2.05, 4.69) is 0 Å². The number of hydrogen-bond acceptors (Lipinski definition) is 5. The Balaban J connectivity index is 0.00000242. The third kappa shape index (κ3) is 4.85. The van der Waals surface area contributed by atoms with Gasteiger partial charge in [0.1, 0.15) is 18.4 Å². The van der Waals surface area contributed by atoms with E-state index in [0.29, 0.717) is 25.3 Å². The number of nitrogens with zero attached hydrogens (tertiary/aromatic N) is 2. The molecule has 2 rings (SSSR count). The summed E-state index contributed by atoms with van der Waals surface area (Å²) < 4.78 is 5.51. The molecule has 1 unspecified atom stereocenters. The Kier molecular flexibility index (Phi) is 7.07. The molecule has 0 aromatic heterocycles. The van der Waals surface area contributed by atoms with E-state index in [1.165, 1.54) is 12.1 Å². The summed E-state index contributed by atoms with van der Waals surface area (Å²) >= 11 is 0. The molecular formula is C14H19ClN2O5. The number of likely N-dealkylation sites (tertiary alicyclic amines) is 1. The van der Waals surface area contributed by atoms with Crippen molar-refractivity contribution in [3.05, 3.63) is 34.4 Å². The Morgan fingerprint density at radius 3 is 2.64 bits per heavy atom. The van der Waals surface area contributed by atoms with Crippen LogP contribution in [0.1, 0.15) is 19.3 Å². The van der Waals surface area contributed by atoms with Crippen LogP contribution in [0.5, 0.6) is 5.75 Å². The molecular weight excluding hydrogens is 312 g/mol. The second-order valence-electron chi connectivity index (χ2n) is 4.99. The SMILES string of the molecule is Cl.O=C(O)C1CCCCN1CCOc1ccc([N+](=O)[O-])cc1. The maximum atomic E-state index is 11.2. The van der Waals surface area contributed by atoms with Crippen molar-refractivity contribution in [1.29, 1.82) is 0 Å². The van der Waals surface area contributed by atoms with Crippen LogP contribution in [0.25, 0.3) is 0 Å². The molecule has 1 aliphatic rings. The molecule has 1 fully saturated rings. The molecule has 1 saturated heterocycles. The normalized spacial score (nSPS) is 18.3. The van der Waals surface area contributed by atoms with Gasteiger partial charge in [0.05, 0.1) is 4.92 Å². The predicted molar refractivity (Wildman–Crippen MR) is 82.7 cm³/mol. The van der Waals surface area contributed by atoms with Crippen LogP contribution in [0.4, 0.5) is 5.69 Å². The summed E-state index contributed by atoms with van der Waals surface area (Å²) in [7, 11) is 0. The van der Waals surface area contributed by atoms with Crippen molar-refractivity contribution >= 4 is 24.1 Å². The zero-order valence-corrected chi connectivity index (χ0v) is 12.8. The van der Waals surface area contributed by atoms with Crippen LogP contribution in [0, 0.1) is 10.1 Å². The van der Waals surface area contributed by atoms with E-state index < -0.39 is 16.9 Å². The van der Waals surface area contributed by atoms with Crippen molar-refractivity contribution in [2.75, 3.05) is 19.7 Å². The van der Waals surface area contributed by atoms with Gasteiger partial charge in [-0.05, 0) is 31.5 Å². The van der Waals surface area contributed by atoms with Gasteiger partial charge in [0.15, 0.2) is 0 Å². The average Bonchev–Trinajstić information content (AvgIpc) is 2.48. The number of nitro groups is 1. The summed E-state index contributed by atoms with van der Waals surface area (Å²) in [6.45, 7) is 1.66. The molecule has 1 atom stereocenters. The molecule has 1 N–H and O–H groups in total. The Hall–Kier alpha value is -1.86. The van der Waals surface area contributed by atoms with Crippen LogP contribution in [0.15, 0.2) is 24.3 Å². The number of carboxylic acids is 1. The molecule has 0 amide bonds. The van der Waals surface area contributed by atoms with Crippen LogP contribution in [0.3, 0.4) is 0 Å². The van der Waals surface area contributed by atoms with Crippen molar-refractivity contribution in [1.82, 2.24) is 4.90 Å². The number of halogens is 1. The van der Waals surface area contributed by atoms with Crippen molar-refractivity contribution < 1.29 is 19.6 Å². The molecule has 1 aromatic rings. The number of piperidine rings is 1. The molecule has 0 spiro atoms. The molecule has 7 nitrogen and oxygen atoms in total. The maximum Gasteiger partial charge on any atom is 0.320 e. The van der Waals surface area contributed by atoms with Crippen LogP contribution in [-0.4, -0.2) is 46.6 Å². The fourth-order valence-corrected chi connectivity index (χ4v) is 2.48. The smallest absolute Gasteiger partial charge is 0.320 e. The number of ether oxygens (including phenoxy) is 1. The first-order chi connectivity index (χ1) is 10.1. The Morgan fingerprint density at radius 1 is 1.36 bits per heavy atom. The number of carbonyl (C=O) groups is 1. The van der Waals surface area contributed by atoms with Gasteiger partial charge in [0.2, 0.25) is 0 Å². The highest BCUT2D eigenvalue weighted by Crippen LogP contribution is 2.19. The highest BCUT2D eigenvalue weighted by molar-refractivity contribution is 5.85. The number of benzene rings is 1. The van der Waals surface area contributed by atoms with E-state index in [1.807, 2.05) is 4.90 Å². The van der Waals surface area contributed by atoms with Gasteiger partial charge in [-0.15, -0.1) is 12.4 Å². The third-order valence-electron chi connectivity index (χ3n) is 3.59. The summed E-state index contributed by atoms with van der Waals surface area (Å²) in [6, 6.07) is 5.43. The molecule has 122 valence electrons. The Labute approximate surface area is 134 Å². The molecule has 1 aliphatic heterocycles.